The zero-order valence-corrected chi connectivity index (χ0v) is 21.9. The van der Waals surface area contributed by atoms with Gasteiger partial charge in [0.2, 0.25) is 17.7 Å². The summed E-state index contributed by atoms with van der Waals surface area (Å²) in [6.45, 7) is 9.92. The summed E-state index contributed by atoms with van der Waals surface area (Å²) >= 11 is 0. The van der Waals surface area contributed by atoms with Gasteiger partial charge in [0.25, 0.3) is 0 Å². The second-order valence-corrected chi connectivity index (χ2v) is 11.0. The Morgan fingerprint density at radius 3 is 2.46 bits per heavy atom. The van der Waals surface area contributed by atoms with Gasteiger partial charge in [-0.05, 0) is 87.2 Å². The molecule has 3 atom stereocenters. The minimum absolute atomic E-state index is 0.0466. The highest BCUT2D eigenvalue weighted by molar-refractivity contribution is 5.76. The number of amides is 1. The fraction of sp³-hybridized carbons (Fsp3) is 0.607. The number of nitrogens with zero attached hydrogens (tertiary/aromatic N) is 4. The molecule has 2 aliphatic rings. The van der Waals surface area contributed by atoms with Crippen molar-refractivity contribution in [3.05, 3.63) is 41.8 Å². The van der Waals surface area contributed by atoms with Crippen molar-refractivity contribution in [2.75, 3.05) is 38.6 Å². The van der Waals surface area contributed by atoms with Gasteiger partial charge in [-0.15, -0.1) is 10.2 Å². The molecule has 0 radical (unpaired) electrons. The molecule has 0 spiro atoms. The Morgan fingerprint density at radius 1 is 1.17 bits per heavy atom. The van der Waals surface area contributed by atoms with Crippen LogP contribution in [0.25, 0.3) is 11.5 Å². The lowest BCUT2D eigenvalue weighted by Crippen LogP contribution is -2.43. The number of nitrogens with two attached hydrogens (primary N) is 1. The lowest BCUT2D eigenvalue weighted by molar-refractivity contribution is -0.123. The average molecular weight is 480 g/mol. The van der Waals surface area contributed by atoms with Crippen molar-refractivity contribution in [2.24, 2.45) is 35.3 Å². The molecule has 1 aromatic heterocycles. The first kappa shape index (κ1) is 25.4. The third-order valence-corrected chi connectivity index (χ3v) is 8.06. The van der Waals surface area contributed by atoms with Gasteiger partial charge in [0.05, 0.1) is 0 Å². The van der Waals surface area contributed by atoms with E-state index in [1.807, 2.05) is 26.2 Å². The van der Waals surface area contributed by atoms with Crippen molar-refractivity contribution in [1.82, 2.24) is 15.1 Å². The fourth-order valence-corrected chi connectivity index (χ4v) is 5.75. The number of carbonyl (C=O) groups excluding carboxylic acids is 1. The van der Waals surface area contributed by atoms with Crippen LogP contribution in [-0.2, 0) is 11.2 Å². The first-order valence-corrected chi connectivity index (χ1v) is 13.0. The predicted octanol–water partition coefficient (Wildman–Crippen LogP) is 4.40. The largest absolute Gasteiger partial charge is 0.421 e. The average Bonchev–Trinajstić information content (AvgIpc) is 3.29. The first-order chi connectivity index (χ1) is 16.7. The minimum Gasteiger partial charge on any atom is -0.421 e. The predicted molar refractivity (Wildman–Crippen MR) is 140 cm³/mol. The number of piperidine rings is 1. The number of carbonyl (C=O) groups is 1. The van der Waals surface area contributed by atoms with Gasteiger partial charge in [0, 0.05) is 44.2 Å². The van der Waals surface area contributed by atoms with E-state index in [-0.39, 0.29) is 11.8 Å². The number of aromatic nitrogens is 2. The van der Waals surface area contributed by atoms with Crippen LogP contribution in [-0.4, -0.2) is 54.7 Å². The number of likely N-dealkylation sites (tertiary alicyclic amines) is 1. The molecule has 190 valence electrons. The van der Waals surface area contributed by atoms with Gasteiger partial charge in [0.15, 0.2) is 0 Å². The third kappa shape index (κ3) is 6.13. The number of anilines is 1. The van der Waals surface area contributed by atoms with E-state index in [0.29, 0.717) is 35.5 Å². The fourth-order valence-electron chi connectivity index (χ4n) is 5.75. The molecule has 2 aromatic rings. The van der Waals surface area contributed by atoms with Crippen LogP contribution in [0, 0.1) is 29.6 Å². The molecule has 1 aromatic carbocycles. The Morgan fingerprint density at radius 2 is 1.86 bits per heavy atom. The topological polar surface area (TPSA) is 88.5 Å². The highest BCUT2D eigenvalue weighted by Gasteiger charge is 2.34. The van der Waals surface area contributed by atoms with Gasteiger partial charge in [-0.2, -0.15) is 0 Å². The first-order valence-electron chi connectivity index (χ1n) is 13.0. The van der Waals surface area contributed by atoms with Crippen LogP contribution in [0.3, 0.4) is 0 Å². The normalized spacial score (nSPS) is 23.9. The molecule has 0 saturated carbocycles. The van der Waals surface area contributed by atoms with Gasteiger partial charge < -0.3 is 20.0 Å². The second-order valence-electron chi connectivity index (χ2n) is 11.0. The van der Waals surface area contributed by atoms with Crippen LogP contribution in [0.1, 0.15) is 45.9 Å². The summed E-state index contributed by atoms with van der Waals surface area (Å²) in [7, 11) is 4.06. The van der Waals surface area contributed by atoms with E-state index < -0.39 is 0 Å². The van der Waals surface area contributed by atoms with E-state index in [0.717, 1.165) is 56.6 Å². The summed E-state index contributed by atoms with van der Waals surface area (Å²) in [6, 6.07) is 8.20. The van der Waals surface area contributed by atoms with Gasteiger partial charge >= 0.3 is 0 Å². The van der Waals surface area contributed by atoms with Crippen molar-refractivity contribution < 1.29 is 9.21 Å². The highest BCUT2D eigenvalue weighted by Crippen LogP contribution is 2.39. The molecule has 35 heavy (non-hydrogen) atoms. The number of allylic oxidation sites excluding steroid dienone is 1. The Kier molecular flexibility index (Phi) is 7.95. The maximum atomic E-state index is 11.5. The molecule has 1 fully saturated rings. The lowest BCUT2D eigenvalue weighted by Gasteiger charge is -2.40. The number of hydrogen-bond donors (Lipinski definition) is 1. The number of primary amides is 1. The van der Waals surface area contributed by atoms with Crippen molar-refractivity contribution in [1.29, 1.82) is 0 Å². The lowest BCUT2D eigenvalue weighted by atomic mass is 9.69. The van der Waals surface area contributed by atoms with Crippen LogP contribution in [0.15, 0.2) is 40.3 Å². The van der Waals surface area contributed by atoms with E-state index in [1.54, 1.807) is 0 Å². The summed E-state index contributed by atoms with van der Waals surface area (Å²) < 4.78 is 6.09. The number of rotatable bonds is 8. The Bertz CT molecular complexity index is 1020. The van der Waals surface area contributed by atoms with E-state index in [1.165, 1.54) is 5.57 Å². The van der Waals surface area contributed by atoms with Crippen LogP contribution < -0.4 is 10.6 Å². The standard InChI is InChI=1S/C28H41N5O2/c1-18(2)25-15-22(19(3)14-23(25)17-33-12-10-20(11-13-33)27(29)34)16-26-30-31-28(35-26)21-6-8-24(9-7-21)32(4)5/h6-9,14,18,20,22-23,25H,10-13,15-17H2,1-5H3,(H2,29,34)/t22-,23-,25-/m0/s1. The van der Waals surface area contributed by atoms with Crippen molar-refractivity contribution in [3.63, 3.8) is 0 Å². The molecule has 1 aliphatic carbocycles. The minimum atomic E-state index is -0.143. The summed E-state index contributed by atoms with van der Waals surface area (Å²) in [5, 5.41) is 8.71. The van der Waals surface area contributed by atoms with Crippen LogP contribution in [0.2, 0.25) is 0 Å². The summed E-state index contributed by atoms with van der Waals surface area (Å²) in [5.74, 6) is 3.36. The second kappa shape index (κ2) is 10.9. The van der Waals surface area contributed by atoms with Crippen molar-refractivity contribution >= 4 is 11.6 Å². The van der Waals surface area contributed by atoms with E-state index in [2.05, 4.69) is 59.0 Å². The highest BCUT2D eigenvalue weighted by atomic mass is 16.4. The molecule has 4 rings (SSSR count). The van der Waals surface area contributed by atoms with Gasteiger partial charge in [0.1, 0.15) is 0 Å². The quantitative estimate of drug-likeness (QED) is 0.565. The monoisotopic (exact) mass is 479 g/mol. The Balaban J connectivity index is 1.41. The molecule has 2 N–H and O–H groups in total. The maximum absolute atomic E-state index is 11.5. The van der Waals surface area contributed by atoms with E-state index >= 15 is 0 Å². The molecule has 7 nitrogen and oxygen atoms in total. The number of hydrogen-bond acceptors (Lipinski definition) is 6. The van der Waals surface area contributed by atoms with Crippen molar-refractivity contribution in [2.45, 2.75) is 46.5 Å². The summed E-state index contributed by atoms with van der Waals surface area (Å²) in [5.41, 5.74) is 9.04. The molecular formula is C28H41N5O2. The molecule has 1 saturated heterocycles. The van der Waals surface area contributed by atoms with Crippen LogP contribution >= 0.6 is 0 Å². The summed E-state index contributed by atoms with van der Waals surface area (Å²) in [4.78, 5) is 16.1. The molecule has 0 bridgehead atoms. The van der Waals surface area contributed by atoms with E-state index in [9.17, 15) is 4.79 Å². The maximum Gasteiger partial charge on any atom is 0.247 e. The van der Waals surface area contributed by atoms with E-state index in [4.69, 9.17) is 10.2 Å². The zero-order valence-electron chi connectivity index (χ0n) is 21.9. The Labute approximate surface area is 209 Å². The molecule has 2 heterocycles. The van der Waals surface area contributed by atoms with Crippen LogP contribution in [0.4, 0.5) is 5.69 Å². The molecule has 0 unspecified atom stereocenters. The van der Waals surface area contributed by atoms with Crippen molar-refractivity contribution in [3.8, 4) is 11.5 Å². The van der Waals surface area contributed by atoms with Gasteiger partial charge in [-0.3, -0.25) is 4.79 Å². The van der Waals surface area contributed by atoms with Gasteiger partial charge in [-0.25, -0.2) is 0 Å². The molecule has 1 aliphatic heterocycles. The zero-order chi connectivity index (χ0) is 25.1. The SMILES string of the molecule is CC1=C[C@@H](CN2CCC(C(N)=O)CC2)[C@H](C(C)C)C[C@H]1Cc1nnc(-c2ccc(N(C)C)cc2)o1. The Hall–Kier alpha value is -2.67. The molecular weight excluding hydrogens is 438 g/mol. The van der Waals surface area contributed by atoms with Gasteiger partial charge in [-0.1, -0.05) is 25.5 Å². The number of benzene rings is 1. The third-order valence-electron chi connectivity index (χ3n) is 8.06. The molecule has 7 heteroatoms. The van der Waals surface area contributed by atoms with Crippen LogP contribution in [0.5, 0.6) is 0 Å². The summed E-state index contributed by atoms with van der Waals surface area (Å²) in [6.07, 6.45) is 6.19. The molecule has 1 amide bonds. The smallest absolute Gasteiger partial charge is 0.247 e.